The molecule has 5 nitrogen and oxygen atoms in total. The van der Waals surface area contributed by atoms with Crippen molar-refractivity contribution in [3.05, 3.63) is 65.9 Å². The monoisotopic (exact) mass is 386 g/mol. The summed E-state index contributed by atoms with van der Waals surface area (Å²) in [6, 6.07) is 17.8. The fraction of sp³-hybridized carbons (Fsp3) is 0.286. The molecule has 0 N–H and O–H groups in total. The molecule has 6 heteroatoms. The summed E-state index contributed by atoms with van der Waals surface area (Å²) in [6.07, 6.45) is 1.96. The van der Waals surface area contributed by atoms with Gasteiger partial charge in [0, 0.05) is 19.6 Å². The first-order valence-corrected chi connectivity index (χ1v) is 8.94. The lowest BCUT2D eigenvalue weighted by Crippen LogP contribution is -2.38. The minimum Gasteiger partial charge on any atom is -0.474 e. The Balaban J connectivity index is 0.00000210. The molecular formula is C21H23ClN2O3. The predicted octanol–water partition coefficient (Wildman–Crippen LogP) is 3.92. The van der Waals surface area contributed by atoms with E-state index >= 15 is 0 Å². The molecule has 2 aliphatic heterocycles. The van der Waals surface area contributed by atoms with Crippen molar-refractivity contribution in [1.29, 1.82) is 0 Å². The lowest BCUT2D eigenvalue weighted by atomic mass is 10.2. The summed E-state index contributed by atoms with van der Waals surface area (Å²) in [5.74, 6) is 1.91. The molecule has 0 aliphatic carbocycles. The number of benzene rings is 2. The molecule has 1 fully saturated rings. The minimum atomic E-state index is 0. The van der Waals surface area contributed by atoms with Crippen molar-refractivity contribution in [3.8, 4) is 5.75 Å². The van der Waals surface area contributed by atoms with Crippen LogP contribution in [0.1, 0.15) is 5.56 Å². The largest absolute Gasteiger partial charge is 0.474 e. The number of ether oxygens (including phenoxy) is 3. The van der Waals surface area contributed by atoms with Gasteiger partial charge in [-0.15, -0.1) is 12.4 Å². The summed E-state index contributed by atoms with van der Waals surface area (Å²) < 4.78 is 17.4. The summed E-state index contributed by atoms with van der Waals surface area (Å²) in [4.78, 5) is 7.00. The fourth-order valence-corrected chi connectivity index (χ4v) is 2.95. The Bertz CT molecular complexity index is 802. The molecule has 2 aromatic rings. The standard InChI is InChI=1S/C21H22N2O3.ClH/c1-2-6-17(7-3-1)16-20-21(22-18-8-4-5-9-19(18)26-20)25-15-12-23-10-13-24-14-11-23;/h1-9,16H,10-15H2;1H. The highest BCUT2D eigenvalue weighted by atomic mass is 35.5. The maximum absolute atomic E-state index is 6.06. The van der Waals surface area contributed by atoms with Gasteiger partial charge >= 0.3 is 0 Å². The lowest BCUT2D eigenvalue weighted by Gasteiger charge is -2.27. The number of nitrogens with zero attached hydrogens (tertiary/aromatic N) is 2. The number of fused-ring (bicyclic) bond motifs is 1. The van der Waals surface area contributed by atoms with Crippen LogP contribution >= 0.6 is 12.4 Å². The highest BCUT2D eigenvalue weighted by molar-refractivity contribution is 5.99. The van der Waals surface area contributed by atoms with E-state index in [0.717, 1.165) is 49.8 Å². The maximum atomic E-state index is 6.06. The smallest absolute Gasteiger partial charge is 0.258 e. The minimum absolute atomic E-state index is 0. The first kappa shape index (κ1) is 19.4. The van der Waals surface area contributed by atoms with Gasteiger partial charge in [-0.3, -0.25) is 4.90 Å². The Labute approximate surface area is 165 Å². The van der Waals surface area contributed by atoms with E-state index in [1.807, 2.05) is 60.7 Å². The molecule has 0 spiro atoms. The normalized spacial score (nSPS) is 18.1. The zero-order valence-electron chi connectivity index (χ0n) is 15.0. The second-order valence-corrected chi connectivity index (χ2v) is 6.21. The van der Waals surface area contributed by atoms with Crippen molar-refractivity contribution in [2.45, 2.75) is 0 Å². The highest BCUT2D eigenvalue weighted by Crippen LogP contribution is 2.34. The number of hydrogen-bond donors (Lipinski definition) is 0. The number of hydrogen-bond acceptors (Lipinski definition) is 5. The van der Waals surface area contributed by atoms with Crippen LogP contribution in [0.5, 0.6) is 5.75 Å². The molecule has 2 aromatic carbocycles. The van der Waals surface area contributed by atoms with Gasteiger partial charge in [-0.1, -0.05) is 42.5 Å². The van der Waals surface area contributed by atoms with Crippen molar-refractivity contribution in [2.24, 2.45) is 4.99 Å². The molecule has 2 heterocycles. The van der Waals surface area contributed by atoms with Crippen LogP contribution in [-0.4, -0.2) is 50.3 Å². The molecule has 0 unspecified atom stereocenters. The molecule has 0 radical (unpaired) electrons. The molecule has 2 aliphatic rings. The summed E-state index contributed by atoms with van der Waals surface area (Å²) in [6.45, 7) is 4.89. The third-order valence-electron chi connectivity index (χ3n) is 4.37. The van der Waals surface area contributed by atoms with Crippen LogP contribution in [0, 0.1) is 0 Å². The first-order chi connectivity index (χ1) is 12.9. The second-order valence-electron chi connectivity index (χ2n) is 6.21. The van der Waals surface area contributed by atoms with Crippen LogP contribution in [0.3, 0.4) is 0 Å². The molecule has 1 saturated heterocycles. The molecular weight excluding hydrogens is 364 g/mol. The Morgan fingerprint density at radius 2 is 1.74 bits per heavy atom. The highest BCUT2D eigenvalue weighted by Gasteiger charge is 2.21. The van der Waals surface area contributed by atoms with Gasteiger partial charge in [-0.25, -0.2) is 4.99 Å². The molecule has 0 bridgehead atoms. The summed E-state index contributed by atoms with van der Waals surface area (Å²) in [5, 5.41) is 0. The van der Waals surface area contributed by atoms with Crippen LogP contribution in [0.15, 0.2) is 65.3 Å². The Morgan fingerprint density at radius 3 is 2.56 bits per heavy atom. The lowest BCUT2D eigenvalue weighted by molar-refractivity contribution is 0.0314. The molecule has 0 amide bonds. The Morgan fingerprint density at radius 1 is 1.00 bits per heavy atom. The average Bonchev–Trinajstić information content (AvgIpc) is 2.70. The van der Waals surface area contributed by atoms with Gasteiger partial charge < -0.3 is 14.2 Å². The quantitative estimate of drug-likeness (QED) is 0.798. The molecule has 142 valence electrons. The summed E-state index contributed by atoms with van der Waals surface area (Å²) in [5.41, 5.74) is 1.84. The fourth-order valence-electron chi connectivity index (χ4n) is 2.95. The van der Waals surface area contributed by atoms with Crippen molar-refractivity contribution < 1.29 is 14.2 Å². The van der Waals surface area contributed by atoms with Gasteiger partial charge in [-0.05, 0) is 23.8 Å². The third kappa shape index (κ3) is 5.10. The van der Waals surface area contributed by atoms with Crippen LogP contribution in [-0.2, 0) is 9.47 Å². The van der Waals surface area contributed by atoms with E-state index in [1.165, 1.54) is 0 Å². The first-order valence-electron chi connectivity index (χ1n) is 8.94. The maximum Gasteiger partial charge on any atom is 0.258 e. The molecule has 27 heavy (non-hydrogen) atoms. The van der Waals surface area contributed by atoms with Crippen LogP contribution < -0.4 is 4.74 Å². The average molecular weight is 387 g/mol. The van der Waals surface area contributed by atoms with Crippen LogP contribution in [0.4, 0.5) is 5.69 Å². The van der Waals surface area contributed by atoms with Gasteiger partial charge in [0.15, 0.2) is 11.5 Å². The van der Waals surface area contributed by atoms with E-state index in [9.17, 15) is 0 Å². The number of morpholine rings is 1. The van der Waals surface area contributed by atoms with E-state index in [0.29, 0.717) is 18.3 Å². The van der Waals surface area contributed by atoms with Gasteiger partial charge in [0.05, 0.1) is 13.2 Å². The van der Waals surface area contributed by atoms with Crippen LogP contribution in [0.25, 0.3) is 6.08 Å². The van der Waals surface area contributed by atoms with Crippen molar-refractivity contribution in [3.63, 3.8) is 0 Å². The Kier molecular flexibility index (Phi) is 6.87. The molecule has 0 atom stereocenters. The van der Waals surface area contributed by atoms with Crippen molar-refractivity contribution in [1.82, 2.24) is 4.90 Å². The Hall–Kier alpha value is -2.34. The van der Waals surface area contributed by atoms with Gasteiger partial charge in [-0.2, -0.15) is 0 Å². The van der Waals surface area contributed by atoms with E-state index in [2.05, 4.69) is 9.89 Å². The van der Waals surface area contributed by atoms with Gasteiger partial charge in [0.25, 0.3) is 5.90 Å². The number of halogens is 1. The SMILES string of the molecule is C(=C1Oc2ccccc2N=C1OCCN1CCOCC1)c1ccccc1.Cl. The van der Waals surface area contributed by atoms with Gasteiger partial charge in [0.2, 0.25) is 0 Å². The number of para-hydroxylation sites is 2. The molecule has 0 aromatic heterocycles. The third-order valence-corrected chi connectivity index (χ3v) is 4.37. The van der Waals surface area contributed by atoms with E-state index in [1.54, 1.807) is 0 Å². The van der Waals surface area contributed by atoms with E-state index < -0.39 is 0 Å². The predicted molar refractivity (Wildman–Crippen MR) is 109 cm³/mol. The summed E-state index contributed by atoms with van der Waals surface area (Å²) in [7, 11) is 0. The van der Waals surface area contributed by atoms with Gasteiger partial charge in [0.1, 0.15) is 12.3 Å². The molecule has 0 saturated carbocycles. The topological polar surface area (TPSA) is 43.3 Å². The second kappa shape index (κ2) is 9.55. The van der Waals surface area contributed by atoms with E-state index in [4.69, 9.17) is 14.2 Å². The van der Waals surface area contributed by atoms with E-state index in [-0.39, 0.29) is 12.4 Å². The number of aliphatic imine (C=N–C) groups is 1. The van der Waals surface area contributed by atoms with Crippen molar-refractivity contribution >= 4 is 30.1 Å². The van der Waals surface area contributed by atoms with Crippen LogP contribution in [0.2, 0.25) is 0 Å². The molecule has 4 rings (SSSR count). The zero-order chi connectivity index (χ0) is 17.6. The number of rotatable bonds is 4. The summed E-state index contributed by atoms with van der Waals surface area (Å²) >= 11 is 0. The zero-order valence-corrected chi connectivity index (χ0v) is 15.9. The van der Waals surface area contributed by atoms with Crippen molar-refractivity contribution in [2.75, 3.05) is 39.5 Å².